The predicted octanol–water partition coefficient (Wildman–Crippen LogP) is 1.29. The fraction of sp³-hybridized carbons (Fsp3) is 0.471. The lowest BCUT2D eigenvalue weighted by Crippen LogP contribution is -2.60. The number of nitrogens with zero attached hydrogens (tertiary/aromatic N) is 2. The van der Waals surface area contributed by atoms with Gasteiger partial charge >= 0.3 is 0 Å². The van der Waals surface area contributed by atoms with Crippen molar-refractivity contribution in [1.29, 1.82) is 0 Å². The van der Waals surface area contributed by atoms with E-state index in [-0.39, 0.29) is 29.8 Å². The molecule has 0 radical (unpaired) electrons. The van der Waals surface area contributed by atoms with Crippen LogP contribution in [0, 0.1) is 0 Å². The Morgan fingerprint density at radius 3 is 2.62 bits per heavy atom. The van der Waals surface area contributed by atoms with E-state index in [1.807, 2.05) is 0 Å². The monoisotopic (exact) mass is 349 g/mol. The molecular weight excluding hydrogens is 330 g/mol. The molecule has 3 atom stereocenters. The van der Waals surface area contributed by atoms with Gasteiger partial charge in [0.2, 0.25) is 11.8 Å². The standard InChI is InChI=1S/C17H20ClN3O3/c1-10-16(23)21-8-12(19-11(2)22)7-13(21)9-20(10)17(24)14-5-3-4-6-15(14)18/h3-6,10,12-13H,7-9H2,1-2H3,(H,19,22)/t10-,12-,13-/m0/s1. The van der Waals surface area contributed by atoms with E-state index in [1.165, 1.54) is 6.92 Å². The van der Waals surface area contributed by atoms with Crippen molar-refractivity contribution in [2.45, 2.75) is 38.4 Å². The maximum Gasteiger partial charge on any atom is 0.256 e. The molecule has 2 heterocycles. The van der Waals surface area contributed by atoms with Crippen LogP contribution < -0.4 is 5.32 Å². The number of carbonyl (C=O) groups excluding carboxylic acids is 3. The maximum atomic E-state index is 12.8. The SMILES string of the molecule is CC(=O)N[C@H]1C[C@H]2CN(C(=O)c3ccccc3Cl)[C@@H](C)C(=O)N2C1. The van der Waals surface area contributed by atoms with Crippen LogP contribution in [-0.4, -0.2) is 58.7 Å². The molecular formula is C17H20ClN3O3. The lowest BCUT2D eigenvalue weighted by Gasteiger charge is -2.41. The summed E-state index contributed by atoms with van der Waals surface area (Å²) in [5.41, 5.74) is 0.406. The van der Waals surface area contributed by atoms with Gasteiger partial charge in [0, 0.05) is 26.1 Å². The zero-order valence-corrected chi connectivity index (χ0v) is 14.4. The van der Waals surface area contributed by atoms with Gasteiger partial charge in [0.25, 0.3) is 5.91 Å². The van der Waals surface area contributed by atoms with Crippen molar-refractivity contribution in [3.05, 3.63) is 34.9 Å². The summed E-state index contributed by atoms with van der Waals surface area (Å²) in [5, 5.41) is 3.24. The van der Waals surface area contributed by atoms with Crippen LogP contribution in [0.5, 0.6) is 0 Å². The number of amides is 3. The Morgan fingerprint density at radius 1 is 1.25 bits per heavy atom. The first-order chi connectivity index (χ1) is 11.4. The van der Waals surface area contributed by atoms with Crippen LogP contribution in [0.3, 0.4) is 0 Å². The average molecular weight is 350 g/mol. The van der Waals surface area contributed by atoms with Crippen molar-refractivity contribution < 1.29 is 14.4 Å². The molecule has 1 aromatic carbocycles. The quantitative estimate of drug-likeness (QED) is 0.874. The molecule has 3 amide bonds. The second-order valence-electron chi connectivity index (χ2n) is 6.39. The summed E-state index contributed by atoms with van der Waals surface area (Å²) in [6.07, 6.45) is 0.657. The van der Waals surface area contributed by atoms with Crippen LogP contribution in [-0.2, 0) is 9.59 Å². The summed E-state index contributed by atoms with van der Waals surface area (Å²) in [4.78, 5) is 40.1. The third kappa shape index (κ3) is 2.98. The van der Waals surface area contributed by atoms with Crippen molar-refractivity contribution in [2.24, 2.45) is 0 Å². The molecule has 2 saturated heterocycles. The van der Waals surface area contributed by atoms with E-state index in [9.17, 15) is 14.4 Å². The third-order valence-electron chi connectivity index (χ3n) is 4.70. The molecule has 6 nitrogen and oxygen atoms in total. The van der Waals surface area contributed by atoms with E-state index >= 15 is 0 Å². The summed E-state index contributed by atoms with van der Waals surface area (Å²) in [6, 6.07) is 6.19. The van der Waals surface area contributed by atoms with Gasteiger partial charge in [-0.2, -0.15) is 0 Å². The van der Waals surface area contributed by atoms with Gasteiger partial charge < -0.3 is 15.1 Å². The Labute approximate surface area is 145 Å². The van der Waals surface area contributed by atoms with Crippen LogP contribution in [0.4, 0.5) is 0 Å². The van der Waals surface area contributed by atoms with E-state index in [0.29, 0.717) is 30.1 Å². The van der Waals surface area contributed by atoms with Crippen LogP contribution in [0.25, 0.3) is 0 Å². The Hall–Kier alpha value is -2.08. The zero-order valence-electron chi connectivity index (χ0n) is 13.7. The second-order valence-corrected chi connectivity index (χ2v) is 6.80. The first-order valence-corrected chi connectivity index (χ1v) is 8.39. The topological polar surface area (TPSA) is 69.7 Å². The molecule has 128 valence electrons. The highest BCUT2D eigenvalue weighted by Crippen LogP contribution is 2.28. The summed E-state index contributed by atoms with van der Waals surface area (Å²) < 4.78 is 0. The molecule has 0 unspecified atom stereocenters. The number of piperazine rings is 1. The smallest absolute Gasteiger partial charge is 0.256 e. The Bertz CT molecular complexity index is 693. The maximum absolute atomic E-state index is 12.8. The number of hydrogen-bond donors (Lipinski definition) is 1. The third-order valence-corrected chi connectivity index (χ3v) is 5.03. The normalized spacial score (nSPS) is 26.3. The van der Waals surface area contributed by atoms with E-state index in [2.05, 4.69) is 5.32 Å². The van der Waals surface area contributed by atoms with Crippen LogP contribution in [0.1, 0.15) is 30.6 Å². The molecule has 0 aliphatic carbocycles. The lowest BCUT2D eigenvalue weighted by atomic mass is 10.0. The highest BCUT2D eigenvalue weighted by Gasteiger charge is 2.45. The molecule has 0 saturated carbocycles. The zero-order chi connectivity index (χ0) is 17.4. The summed E-state index contributed by atoms with van der Waals surface area (Å²) in [6.45, 7) is 4.16. The number of halogens is 1. The highest BCUT2D eigenvalue weighted by molar-refractivity contribution is 6.33. The number of benzene rings is 1. The van der Waals surface area contributed by atoms with Crippen molar-refractivity contribution in [1.82, 2.24) is 15.1 Å². The van der Waals surface area contributed by atoms with E-state index in [1.54, 1.807) is 41.0 Å². The number of fused-ring (bicyclic) bond motifs is 1. The van der Waals surface area contributed by atoms with Gasteiger partial charge in [-0.15, -0.1) is 0 Å². The van der Waals surface area contributed by atoms with Gasteiger partial charge in [0.1, 0.15) is 6.04 Å². The predicted molar refractivity (Wildman–Crippen MR) is 89.7 cm³/mol. The fourth-order valence-electron chi connectivity index (χ4n) is 3.56. The van der Waals surface area contributed by atoms with Crippen molar-refractivity contribution >= 4 is 29.3 Å². The van der Waals surface area contributed by atoms with Gasteiger partial charge in [0.15, 0.2) is 0 Å². The van der Waals surface area contributed by atoms with E-state index < -0.39 is 6.04 Å². The van der Waals surface area contributed by atoms with Gasteiger partial charge in [-0.3, -0.25) is 14.4 Å². The molecule has 2 aliphatic rings. The van der Waals surface area contributed by atoms with Crippen LogP contribution >= 0.6 is 11.6 Å². The molecule has 7 heteroatoms. The largest absolute Gasteiger partial charge is 0.352 e. The van der Waals surface area contributed by atoms with Gasteiger partial charge in [-0.25, -0.2) is 0 Å². The molecule has 0 spiro atoms. The number of nitrogens with one attached hydrogen (secondary N) is 1. The summed E-state index contributed by atoms with van der Waals surface area (Å²) in [7, 11) is 0. The molecule has 1 aromatic rings. The van der Waals surface area contributed by atoms with Crippen LogP contribution in [0.15, 0.2) is 24.3 Å². The average Bonchev–Trinajstić information content (AvgIpc) is 2.92. The molecule has 1 N–H and O–H groups in total. The number of rotatable bonds is 2. The lowest BCUT2D eigenvalue weighted by molar-refractivity contribution is -0.141. The minimum absolute atomic E-state index is 0.0565. The van der Waals surface area contributed by atoms with Gasteiger partial charge in [0.05, 0.1) is 16.6 Å². The molecule has 3 rings (SSSR count). The summed E-state index contributed by atoms with van der Waals surface area (Å²) in [5.74, 6) is -0.423. The Balaban J connectivity index is 1.80. The van der Waals surface area contributed by atoms with Crippen molar-refractivity contribution in [3.63, 3.8) is 0 Å². The Kier molecular flexibility index (Phi) is 4.49. The highest BCUT2D eigenvalue weighted by atomic mass is 35.5. The van der Waals surface area contributed by atoms with Crippen molar-refractivity contribution in [3.8, 4) is 0 Å². The molecule has 24 heavy (non-hydrogen) atoms. The van der Waals surface area contributed by atoms with Gasteiger partial charge in [-0.05, 0) is 25.5 Å². The molecule has 0 aromatic heterocycles. The van der Waals surface area contributed by atoms with Crippen molar-refractivity contribution in [2.75, 3.05) is 13.1 Å². The number of hydrogen-bond acceptors (Lipinski definition) is 3. The summed E-state index contributed by atoms with van der Waals surface area (Å²) >= 11 is 6.12. The van der Waals surface area contributed by atoms with E-state index in [4.69, 9.17) is 11.6 Å². The first kappa shape index (κ1) is 16.8. The molecule has 2 aliphatic heterocycles. The molecule has 0 bridgehead atoms. The van der Waals surface area contributed by atoms with Crippen LogP contribution in [0.2, 0.25) is 5.02 Å². The van der Waals surface area contributed by atoms with E-state index in [0.717, 1.165) is 0 Å². The minimum atomic E-state index is -0.541. The minimum Gasteiger partial charge on any atom is -0.352 e. The Morgan fingerprint density at radius 2 is 1.96 bits per heavy atom. The fourth-order valence-corrected chi connectivity index (χ4v) is 3.77. The molecule has 2 fully saturated rings. The van der Waals surface area contributed by atoms with Gasteiger partial charge in [-0.1, -0.05) is 23.7 Å². The number of carbonyl (C=O) groups is 3. The second kappa shape index (κ2) is 6.43. The first-order valence-electron chi connectivity index (χ1n) is 8.01.